The van der Waals surface area contributed by atoms with Crippen LogP contribution in [0.4, 0.5) is 22.0 Å². The van der Waals surface area contributed by atoms with Gasteiger partial charge in [0.2, 0.25) is 5.84 Å². The summed E-state index contributed by atoms with van der Waals surface area (Å²) in [5, 5.41) is 3.53. The summed E-state index contributed by atoms with van der Waals surface area (Å²) < 4.78 is 88.3. The fourth-order valence-electron chi connectivity index (χ4n) is 7.03. The van der Waals surface area contributed by atoms with E-state index in [0.29, 0.717) is 66.0 Å². The summed E-state index contributed by atoms with van der Waals surface area (Å²) in [5.74, 6) is -4.16. The number of amides is 1. The van der Waals surface area contributed by atoms with Crippen LogP contribution < -0.4 is 11.1 Å². The van der Waals surface area contributed by atoms with Gasteiger partial charge in [-0.3, -0.25) is 19.4 Å². The van der Waals surface area contributed by atoms with Crippen molar-refractivity contribution in [3.63, 3.8) is 0 Å². The number of hydrogen-bond acceptors (Lipinski definition) is 10. The molecule has 0 spiro atoms. The first-order valence-electron chi connectivity index (χ1n) is 21.8. The summed E-state index contributed by atoms with van der Waals surface area (Å²) >= 11 is 12.0. The molecule has 0 fully saturated rings. The fraction of sp³-hybridized carbons (Fsp3) is 0.408. The van der Waals surface area contributed by atoms with E-state index in [2.05, 4.69) is 15.3 Å². The zero-order chi connectivity index (χ0) is 49.1. The van der Waals surface area contributed by atoms with Crippen LogP contribution in [-0.2, 0) is 46.2 Å². The van der Waals surface area contributed by atoms with E-state index >= 15 is 0 Å². The van der Waals surface area contributed by atoms with E-state index in [1.54, 1.807) is 51.1 Å². The Labute approximate surface area is 397 Å². The number of aliphatic imine (C=N–C) groups is 2. The molecule has 0 radical (unpaired) electrons. The molecule has 1 aliphatic heterocycles. The molecule has 0 unspecified atom stereocenters. The second-order valence-electron chi connectivity index (χ2n) is 15.4. The molecule has 362 valence electrons. The molecule has 0 saturated heterocycles. The van der Waals surface area contributed by atoms with Gasteiger partial charge in [-0.25, -0.2) is 13.8 Å². The van der Waals surface area contributed by atoms with Gasteiger partial charge in [0, 0.05) is 46.5 Å². The number of alkyl halides is 3. The van der Waals surface area contributed by atoms with Gasteiger partial charge in [0.1, 0.15) is 17.3 Å². The van der Waals surface area contributed by atoms with Gasteiger partial charge in [-0.2, -0.15) is 13.2 Å². The zero-order valence-corrected chi connectivity index (χ0v) is 39.2. The lowest BCUT2D eigenvalue weighted by atomic mass is 9.94. The van der Waals surface area contributed by atoms with E-state index in [1.165, 1.54) is 30.3 Å². The maximum Gasteiger partial charge on any atom is 0.431 e. The predicted octanol–water partition coefficient (Wildman–Crippen LogP) is 9.82. The smallest absolute Gasteiger partial charge is 0.431 e. The number of halogens is 7. The molecule has 3 N–H and O–H groups in total. The molecule has 18 heteroatoms. The van der Waals surface area contributed by atoms with Crippen molar-refractivity contribution in [2.75, 3.05) is 46.2 Å². The van der Waals surface area contributed by atoms with Gasteiger partial charge < -0.3 is 30.0 Å². The number of nitrogens with one attached hydrogen (secondary N) is 1. The summed E-state index contributed by atoms with van der Waals surface area (Å²) in [5.41, 5.74) is 8.94. The Bertz CT molecular complexity index is 2310. The van der Waals surface area contributed by atoms with Gasteiger partial charge in [-0.1, -0.05) is 71.7 Å². The van der Waals surface area contributed by atoms with Crippen LogP contribution in [0.15, 0.2) is 94.9 Å². The first kappa shape index (κ1) is 54.3. The number of ether oxygens (including phenoxy) is 4. The molecule has 4 aromatic rings. The summed E-state index contributed by atoms with van der Waals surface area (Å²) in [6, 6.07) is 22.1. The molecule has 4 atom stereocenters. The molecular weight excluding hydrogens is 922 g/mol. The van der Waals surface area contributed by atoms with Crippen LogP contribution in [0.3, 0.4) is 0 Å². The van der Waals surface area contributed by atoms with E-state index in [1.807, 2.05) is 31.2 Å². The minimum Gasteiger partial charge on any atom is -0.466 e. The Morgan fingerprint density at radius 2 is 1.15 bits per heavy atom. The highest BCUT2D eigenvalue weighted by Crippen LogP contribution is 2.29. The lowest BCUT2D eigenvalue weighted by Crippen LogP contribution is -2.42. The molecule has 67 heavy (non-hydrogen) atoms. The van der Waals surface area contributed by atoms with Crippen LogP contribution in [0.5, 0.6) is 0 Å². The van der Waals surface area contributed by atoms with Crippen molar-refractivity contribution in [3.8, 4) is 22.3 Å². The number of nitrogens with two attached hydrogens (primary N) is 1. The Balaban J connectivity index is 0.000000309. The van der Waals surface area contributed by atoms with Crippen LogP contribution in [0.25, 0.3) is 22.3 Å². The molecule has 0 aliphatic carbocycles. The Hall–Kier alpha value is -5.26. The zero-order valence-electron chi connectivity index (χ0n) is 37.6. The van der Waals surface area contributed by atoms with Crippen LogP contribution in [0.2, 0.25) is 10.0 Å². The van der Waals surface area contributed by atoms with E-state index in [9.17, 15) is 36.3 Å². The number of rotatable bonds is 22. The van der Waals surface area contributed by atoms with Gasteiger partial charge in [-0.15, -0.1) is 0 Å². The highest BCUT2D eigenvalue weighted by atomic mass is 35.5. The average molecular weight is 978 g/mol. The van der Waals surface area contributed by atoms with Gasteiger partial charge in [-0.05, 0) is 112 Å². The van der Waals surface area contributed by atoms with Gasteiger partial charge >= 0.3 is 18.1 Å². The molecule has 1 amide bonds. The fourth-order valence-corrected chi connectivity index (χ4v) is 7.37. The van der Waals surface area contributed by atoms with Crippen molar-refractivity contribution in [1.82, 2.24) is 5.32 Å². The van der Waals surface area contributed by atoms with Crippen LogP contribution >= 0.6 is 23.2 Å². The molecule has 11 nitrogen and oxygen atoms in total. The predicted molar refractivity (Wildman–Crippen MR) is 249 cm³/mol. The van der Waals surface area contributed by atoms with Gasteiger partial charge in [0.25, 0.3) is 5.91 Å². The van der Waals surface area contributed by atoms with Gasteiger partial charge in [0.15, 0.2) is 0 Å². The SMILES string of the molecule is CCOC[C@H](C[C@@H](Cc1ccc(-c2cc(Cl)ccc2F)cc1)NC(=O)C1=NCC(C(F)(F)F)=N1)C(=O)OCC.CCOC[C@H](C[C@H](N)Cc1ccc(-c2cc(Cl)ccc2F)cc1)C(=O)OCC. The number of nitrogens with zero attached hydrogens (tertiary/aromatic N) is 2. The number of amidine groups is 1. The topological polar surface area (TPSA) is 151 Å². The van der Waals surface area contributed by atoms with Crippen molar-refractivity contribution >= 4 is 52.6 Å². The largest absolute Gasteiger partial charge is 0.466 e. The van der Waals surface area contributed by atoms with E-state index < -0.39 is 53.9 Å². The van der Waals surface area contributed by atoms with Crippen molar-refractivity contribution in [2.24, 2.45) is 27.6 Å². The first-order valence-corrected chi connectivity index (χ1v) is 22.5. The third-order valence-corrected chi connectivity index (χ3v) is 10.8. The summed E-state index contributed by atoms with van der Waals surface area (Å²) in [7, 11) is 0. The molecular formula is C49H55Cl2F5N4O7. The van der Waals surface area contributed by atoms with E-state index in [4.69, 9.17) is 47.9 Å². The van der Waals surface area contributed by atoms with Gasteiger partial charge in [0.05, 0.1) is 44.8 Å². The molecule has 5 rings (SSSR count). The minimum atomic E-state index is -4.69. The van der Waals surface area contributed by atoms with E-state index in [0.717, 1.165) is 16.7 Å². The lowest BCUT2D eigenvalue weighted by molar-refractivity contribution is -0.151. The number of carbonyl (C=O) groups is 3. The number of carbonyl (C=O) groups excluding carboxylic acids is 3. The maximum absolute atomic E-state index is 14.3. The van der Waals surface area contributed by atoms with Crippen LogP contribution in [0, 0.1) is 23.5 Å². The highest BCUT2D eigenvalue weighted by Gasteiger charge is 2.39. The molecule has 0 bridgehead atoms. The highest BCUT2D eigenvalue weighted by molar-refractivity contribution is 6.41. The molecule has 0 saturated carbocycles. The molecule has 4 aromatic carbocycles. The quantitative estimate of drug-likeness (QED) is 0.0584. The number of benzene rings is 4. The monoisotopic (exact) mass is 976 g/mol. The molecule has 0 aromatic heterocycles. The molecule has 1 aliphatic rings. The normalized spacial score (nSPS) is 14.1. The Morgan fingerprint density at radius 3 is 1.58 bits per heavy atom. The minimum absolute atomic E-state index is 0.0337. The first-order chi connectivity index (χ1) is 31.9. The van der Waals surface area contributed by atoms with Crippen molar-refractivity contribution in [3.05, 3.63) is 118 Å². The van der Waals surface area contributed by atoms with Crippen molar-refractivity contribution in [1.29, 1.82) is 0 Å². The number of esters is 2. The summed E-state index contributed by atoms with van der Waals surface area (Å²) in [6.45, 7) is 8.04. The lowest BCUT2D eigenvalue weighted by Gasteiger charge is -2.23. The number of hydrogen-bond donors (Lipinski definition) is 2. The Kier molecular flexibility index (Phi) is 21.8. The third-order valence-electron chi connectivity index (χ3n) is 10.3. The van der Waals surface area contributed by atoms with Crippen LogP contribution in [-0.4, -0.2) is 93.8 Å². The third kappa shape index (κ3) is 17.4. The van der Waals surface area contributed by atoms with E-state index in [-0.39, 0.29) is 49.8 Å². The van der Waals surface area contributed by atoms with Crippen LogP contribution in [0.1, 0.15) is 51.7 Å². The standard InChI is InChI=1S/C27H28ClF4N3O4.C22H27ClFNO3/c1-3-38-15-18(26(37)39-4-2)12-20(34-25(36)24-33-14-23(35-24)27(30,31)32)11-16-5-7-17(8-6-16)21-13-19(28)9-10-22(21)29;1-3-27-14-17(22(26)28-4-2)12-19(25)11-15-5-7-16(8-6-15)20-13-18(23)9-10-21(20)24/h5-10,13,18,20H,3-4,11-12,14-15H2,1-2H3,(H,34,36);5-10,13,17,19H,3-4,11-12,14,25H2,1-2H3/t18-,20+;17-,19+/m00/s1. The maximum atomic E-state index is 14.3. The summed E-state index contributed by atoms with van der Waals surface area (Å²) in [6.07, 6.45) is -3.33. The Morgan fingerprint density at radius 1 is 0.687 bits per heavy atom. The second kappa shape index (κ2) is 26.9. The van der Waals surface area contributed by atoms with Crippen molar-refractivity contribution < 1.29 is 55.3 Å². The van der Waals surface area contributed by atoms with Crippen molar-refractivity contribution in [2.45, 2.75) is 71.6 Å². The second-order valence-corrected chi connectivity index (χ2v) is 16.2. The average Bonchev–Trinajstić information content (AvgIpc) is 3.81. The summed E-state index contributed by atoms with van der Waals surface area (Å²) in [4.78, 5) is 44.4. The molecule has 1 heterocycles.